The maximum Gasteiger partial charge on any atom is 0.257 e. The third-order valence-corrected chi connectivity index (χ3v) is 6.23. The first-order valence-electron chi connectivity index (χ1n) is 11.6. The van der Waals surface area contributed by atoms with Gasteiger partial charge in [0.2, 0.25) is 5.91 Å². The average Bonchev–Trinajstić information content (AvgIpc) is 3.32. The molecule has 0 unspecified atom stereocenters. The highest BCUT2D eigenvalue weighted by Gasteiger charge is 2.12. The van der Waals surface area contributed by atoms with Gasteiger partial charge in [-0.1, -0.05) is 38.1 Å². The number of anilines is 1. The molecule has 2 aromatic carbocycles. The molecule has 3 aromatic rings. The number of likely N-dealkylation sites (N-methyl/N-ethyl adjacent to an activating group) is 1. The summed E-state index contributed by atoms with van der Waals surface area (Å²) in [5.41, 5.74) is 2.06. The third kappa shape index (κ3) is 8.08. The fraction of sp³-hybridized carbons (Fsp3) is 0.346. The van der Waals surface area contributed by atoms with Crippen LogP contribution in [0.5, 0.6) is 11.5 Å². The van der Waals surface area contributed by atoms with Crippen molar-refractivity contribution in [2.75, 3.05) is 38.7 Å². The van der Waals surface area contributed by atoms with Gasteiger partial charge in [0, 0.05) is 24.0 Å². The number of hydrogen-bond donors (Lipinski definition) is 2. The van der Waals surface area contributed by atoms with Crippen LogP contribution >= 0.6 is 11.3 Å². The molecule has 2 N–H and O–H groups in total. The van der Waals surface area contributed by atoms with Crippen molar-refractivity contribution >= 4 is 28.3 Å². The second kappa shape index (κ2) is 13.5. The quantitative estimate of drug-likeness (QED) is 0.372. The molecule has 0 spiro atoms. The number of aromatic nitrogens is 1. The Kier molecular flexibility index (Phi) is 10.1. The van der Waals surface area contributed by atoms with Crippen molar-refractivity contribution in [3.8, 4) is 11.5 Å². The molecule has 0 saturated carbocycles. The van der Waals surface area contributed by atoms with Gasteiger partial charge < -0.3 is 19.7 Å². The van der Waals surface area contributed by atoms with Gasteiger partial charge in [0.05, 0.1) is 19.2 Å². The van der Waals surface area contributed by atoms with E-state index in [9.17, 15) is 9.59 Å². The highest BCUT2D eigenvalue weighted by Crippen LogP contribution is 2.28. The molecule has 1 aromatic heterocycles. The molecule has 0 bridgehead atoms. The Morgan fingerprint density at radius 2 is 1.83 bits per heavy atom. The minimum atomic E-state index is -0.231. The van der Waals surface area contributed by atoms with E-state index < -0.39 is 0 Å². The van der Waals surface area contributed by atoms with Gasteiger partial charge in [0.1, 0.15) is 6.61 Å². The monoisotopic (exact) mass is 496 g/mol. The summed E-state index contributed by atoms with van der Waals surface area (Å²) in [6, 6.07) is 14.6. The number of carbonyl (C=O) groups is 2. The Labute approximate surface area is 210 Å². The standard InChI is InChI=1S/C26H32N4O4S/c1-4-30(5-2)13-14-34-22-12-11-19(15-23(22)33-3)17-27-24(31)16-21-18-35-26(28-21)29-25(32)20-9-7-6-8-10-20/h6-12,15,18H,4-5,13-14,16-17H2,1-3H3,(H,27,31)(H,28,29,32). The van der Waals surface area contributed by atoms with E-state index in [2.05, 4.69) is 34.4 Å². The van der Waals surface area contributed by atoms with Crippen LogP contribution in [0.4, 0.5) is 5.13 Å². The van der Waals surface area contributed by atoms with E-state index in [-0.39, 0.29) is 18.2 Å². The predicted octanol–water partition coefficient (Wildman–Crippen LogP) is 3.98. The average molecular weight is 497 g/mol. The van der Waals surface area contributed by atoms with Crippen LogP contribution in [0, 0.1) is 0 Å². The molecule has 0 atom stereocenters. The number of hydrogen-bond acceptors (Lipinski definition) is 7. The Morgan fingerprint density at radius 3 is 2.54 bits per heavy atom. The molecule has 186 valence electrons. The summed E-state index contributed by atoms with van der Waals surface area (Å²) in [6.07, 6.45) is 0.126. The van der Waals surface area contributed by atoms with E-state index in [1.54, 1.807) is 36.8 Å². The molecule has 9 heteroatoms. The van der Waals surface area contributed by atoms with Gasteiger partial charge in [-0.2, -0.15) is 0 Å². The normalized spacial score (nSPS) is 10.7. The van der Waals surface area contributed by atoms with Crippen LogP contribution in [0.25, 0.3) is 0 Å². The highest BCUT2D eigenvalue weighted by molar-refractivity contribution is 7.14. The zero-order valence-electron chi connectivity index (χ0n) is 20.4. The molecule has 35 heavy (non-hydrogen) atoms. The van der Waals surface area contributed by atoms with Gasteiger partial charge in [-0.05, 0) is 42.9 Å². The van der Waals surface area contributed by atoms with Gasteiger partial charge in [-0.15, -0.1) is 11.3 Å². The largest absolute Gasteiger partial charge is 0.493 e. The van der Waals surface area contributed by atoms with E-state index >= 15 is 0 Å². The second-order valence-electron chi connectivity index (χ2n) is 7.78. The van der Waals surface area contributed by atoms with Crippen LogP contribution < -0.4 is 20.1 Å². The van der Waals surface area contributed by atoms with Crippen molar-refractivity contribution in [1.29, 1.82) is 0 Å². The van der Waals surface area contributed by atoms with Gasteiger partial charge in [0.15, 0.2) is 16.6 Å². The number of nitrogens with one attached hydrogen (secondary N) is 2. The number of ether oxygens (including phenoxy) is 2. The Hall–Kier alpha value is -3.43. The molecule has 0 aliphatic rings. The number of nitrogens with zero attached hydrogens (tertiary/aromatic N) is 2. The van der Waals surface area contributed by atoms with Gasteiger partial charge in [0.25, 0.3) is 5.91 Å². The van der Waals surface area contributed by atoms with Crippen molar-refractivity contribution in [3.05, 3.63) is 70.7 Å². The Balaban J connectivity index is 1.47. The second-order valence-corrected chi connectivity index (χ2v) is 8.64. The Morgan fingerprint density at radius 1 is 1.06 bits per heavy atom. The van der Waals surface area contributed by atoms with E-state index in [1.807, 2.05) is 24.3 Å². The van der Waals surface area contributed by atoms with Crippen LogP contribution in [0.2, 0.25) is 0 Å². The van der Waals surface area contributed by atoms with E-state index in [0.717, 1.165) is 25.2 Å². The fourth-order valence-corrected chi connectivity index (χ4v) is 4.10. The van der Waals surface area contributed by atoms with Crippen LogP contribution in [0.3, 0.4) is 0 Å². The fourth-order valence-electron chi connectivity index (χ4n) is 3.40. The number of amides is 2. The molecule has 1 heterocycles. The molecule has 0 aliphatic heterocycles. The van der Waals surface area contributed by atoms with Crippen molar-refractivity contribution in [1.82, 2.24) is 15.2 Å². The highest BCUT2D eigenvalue weighted by atomic mass is 32.1. The third-order valence-electron chi connectivity index (χ3n) is 5.43. The lowest BCUT2D eigenvalue weighted by Gasteiger charge is -2.19. The zero-order chi connectivity index (χ0) is 25.0. The lowest BCUT2D eigenvalue weighted by atomic mass is 10.2. The number of benzene rings is 2. The molecular formula is C26H32N4O4S. The summed E-state index contributed by atoms with van der Waals surface area (Å²) in [6.45, 7) is 8.02. The molecular weight excluding hydrogens is 464 g/mol. The van der Waals surface area contributed by atoms with Gasteiger partial charge in [-0.25, -0.2) is 4.98 Å². The SMILES string of the molecule is CCN(CC)CCOc1ccc(CNC(=O)Cc2csc(NC(=O)c3ccccc3)n2)cc1OC. The maximum atomic E-state index is 12.4. The summed E-state index contributed by atoms with van der Waals surface area (Å²) in [5, 5.41) is 7.90. The van der Waals surface area contributed by atoms with E-state index in [0.29, 0.717) is 41.0 Å². The lowest BCUT2D eigenvalue weighted by Crippen LogP contribution is -2.28. The summed E-state index contributed by atoms with van der Waals surface area (Å²) in [5.74, 6) is 0.928. The molecule has 2 amide bonds. The smallest absolute Gasteiger partial charge is 0.257 e. The summed E-state index contributed by atoms with van der Waals surface area (Å²) in [4.78, 5) is 31.3. The van der Waals surface area contributed by atoms with Crippen LogP contribution in [-0.2, 0) is 17.8 Å². The first-order chi connectivity index (χ1) is 17.0. The molecule has 0 aliphatic carbocycles. The van der Waals surface area contributed by atoms with Crippen molar-refractivity contribution in [2.45, 2.75) is 26.8 Å². The van der Waals surface area contributed by atoms with E-state index in [4.69, 9.17) is 9.47 Å². The van der Waals surface area contributed by atoms with Gasteiger partial charge >= 0.3 is 0 Å². The van der Waals surface area contributed by atoms with Crippen LogP contribution in [0.15, 0.2) is 53.9 Å². The van der Waals surface area contributed by atoms with E-state index in [1.165, 1.54) is 11.3 Å². The topological polar surface area (TPSA) is 92.8 Å². The molecule has 3 rings (SSSR count). The minimum Gasteiger partial charge on any atom is -0.493 e. The molecule has 8 nitrogen and oxygen atoms in total. The first kappa shape index (κ1) is 26.2. The molecule has 0 radical (unpaired) electrons. The lowest BCUT2D eigenvalue weighted by molar-refractivity contribution is -0.120. The summed E-state index contributed by atoms with van der Waals surface area (Å²) < 4.78 is 11.4. The van der Waals surface area contributed by atoms with Crippen LogP contribution in [-0.4, -0.2) is 55.0 Å². The van der Waals surface area contributed by atoms with Crippen molar-refractivity contribution in [3.63, 3.8) is 0 Å². The number of carbonyl (C=O) groups excluding carboxylic acids is 2. The minimum absolute atomic E-state index is 0.126. The maximum absolute atomic E-state index is 12.4. The number of methoxy groups -OCH3 is 1. The Bertz CT molecular complexity index is 1100. The zero-order valence-corrected chi connectivity index (χ0v) is 21.2. The number of rotatable bonds is 13. The first-order valence-corrected chi connectivity index (χ1v) is 12.5. The summed E-state index contributed by atoms with van der Waals surface area (Å²) in [7, 11) is 1.60. The van der Waals surface area contributed by atoms with Gasteiger partial charge in [-0.3, -0.25) is 14.9 Å². The molecule has 0 saturated heterocycles. The van der Waals surface area contributed by atoms with Crippen LogP contribution in [0.1, 0.15) is 35.5 Å². The van der Waals surface area contributed by atoms with Crippen molar-refractivity contribution in [2.24, 2.45) is 0 Å². The number of thiazole rings is 1. The predicted molar refractivity (Wildman–Crippen MR) is 138 cm³/mol. The van der Waals surface area contributed by atoms with Crippen molar-refractivity contribution < 1.29 is 19.1 Å². The summed E-state index contributed by atoms with van der Waals surface area (Å²) >= 11 is 1.29. The molecule has 0 fully saturated rings.